The number of carbonyl (C=O) groups excluding carboxylic acids is 1. The molecule has 1 atom stereocenters. The van der Waals surface area contributed by atoms with Crippen LogP contribution in [0.1, 0.15) is 0 Å². The number of nitrogens with two attached hydrogens (primary N) is 1. The molecule has 1 unspecified atom stereocenters. The molecule has 0 aromatic heterocycles. The monoisotopic (exact) mass is 153 g/mol. The van der Waals surface area contributed by atoms with Gasteiger partial charge in [0, 0.05) is 0 Å². The zero-order valence-electron chi connectivity index (χ0n) is 5.97. The Labute approximate surface area is 64.1 Å². The van der Waals surface area contributed by atoms with Gasteiger partial charge in [0.1, 0.15) is 6.54 Å². The van der Waals surface area contributed by atoms with E-state index in [4.69, 9.17) is 5.73 Å². The average Bonchev–Trinajstić information content (AvgIpc) is 2.38. The van der Waals surface area contributed by atoms with Crippen molar-refractivity contribution in [2.75, 3.05) is 6.54 Å². The quantitative estimate of drug-likeness (QED) is 0.442. The van der Waals surface area contributed by atoms with Crippen molar-refractivity contribution >= 4 is 18.7 Å². The van der Waals surface area contributed by atoms with Crippen molar-refractivity contribution in [2.24, 2.45) is 15.8 Å². The maximum absolute atomic E-state index is 10.9. The predicted molar refractivity (Wildman–Crippen MR) is 41.9 cm³/mol. The second-order valence-electron chi connectivity index (χ2n) is 2.13. The lowest BCUT2D eigenvalue weighted by atomic mass is 10.5. The van der Waals surface area contributed by atoms with Crippen molar-refractivity contribution in [3.63, 3.8) is 0 Å². The van der Waals surface area contributed by atoms with Crippen LogP contribution in [0, 0.1) is 0 Å². The summed E-state index contributed by atoms with van der Waals surface area (Å²) in [6, 6.07) is -0.553. The molecule has 0 saturated carbocycles. The van der Waals surface area contributed by atoms with Crippen molar-refractivity contribution < 1.29 is 9.39 Å². The summed E-state index contributed by atoms with van der Waals surface area (Å²) < 4.78 is -0.302. The van der Waals surface area contributed by atoms with E-state index in [1.165, 1.54) is 12.7 Å². The Hall–Kier alpha value is -1.49. The molecule has 5 heteroatoms. The molecule has 1 aliphatic heterocycles. The minimum atomic E-state index is -0.553. The fourth-order valence-corrected chi connectivity index (χ4v) is 0.787. The van der Waals surface area contributed by atoms with Gasteiger partial charge in [-0.05, 0) is 6.08 Å². The van der Waals surface area contributed by atoms with Gasteiger partial charge >= 0.3 is 6.03 Å². The zero-order valence-corrected chi connectivity index (χ0v) is 5.97. The minimum Gasteiger partial charge on any atom is -0.316 e. The highest BCUT2D eigenvalue weighted by atomic mass is 16.2. The third-order valence-corrected chi connectivity index (χ3v) is 1.37. The third-order valence-electron chi connectivity index (χ3n) is 1.37. The normalized spacial score (nSPS) is 27.3. The van der Waals surface area contributed by atoms with Crippen LogP contribution in [-0.4, -0.2) is 29.8 Å². The number of hydrogen-bond donors (Lipinski definition) is 1. The summed E-state index contributed by atoms with van der Waals surface area (Å²) in [6.45, 7) is 3.84. The molecule has 1 aliphatic rings. The minimum absolute atomic E-state index is 0.302. The molecule has 1 heterocycles. The summed E-state index contributed by atoms with van der Waals surface area (Å²) >= 11 is 0. The molecular weight excluding hydrogens is 144 g/mol. The Bertz CT molecular complexity index is 231. The van der Waals surface area contributed by atoms with Crippen LogP contribution in [0.2, 0.25) is 0 Å². The molecule has 2 N–H and O–H groups in total. The van der Waals surface area contributed by atoms with Crippen molar-refractivity contribution in [3.05, 3.63) is 12.7 Å². The molecule has 11 heavy (non-hydrogen) atoms. The van der Waals surface area contributed by atoms with Crippen LogP contribution in [-0.2, 0) is 0 Å². The number of primary amides is 1. The predicted octanol–water partition coefficient (Wildman–Crippen LogP) is 0.0531. The average molecular weight is 153 g/mol. The first-order valence-electron chi connectivity index (χ1n) is 3.08. The Morgan fingerprint density at radius 2 is 2.55 bits per heavy atom. The summed E-state index contributed by atoms with van der Waals surface area (Å²) in [4.78, 5) is 14.5. The summed E-state index contributed by atoms with van der Waals surface area (Å²) in [5.74, 6) is 0. The van der Waals surface area contributed by atoms with E-state index in [2.05, 4.69) is 16.7 Å². The molecule has 0 spiro atoms. The molecule has 0 fully saturated rings. The molecule has 0 bridgehead atoms. The van der Waals surface area contributed by atoms with E-state index in [9.17, 15) is 4.79 Å². The summed E-state index contributed by atoms with van der Waals surface area (Å²) in [5, 5.41) is 3.80. The highest BCUT2D eigenvalue weighted by molar-refractivity contribution is 5.81. The Balaban J connectivity index is 2.89. The van der Waals surface area contributed by atoms with Gasteiger partial charge in [-0.2, -0.15) is 4.99 Å². The first kappa shape index (κ1) is 7.62. The molecular formula is C6H9N4O+. The van der Waals surface area contributed by atoms with E-state index >= 15 is 0 Å². The Morgan fingerprint density at radius 3 is 2.91 bits per heavy atom. The number of rotatable bonds is 2. The van der Waals surface area contributed by atoms with Crippen LogP contribution in [0.25, 0.3) is 0 Å². The van der Waals surface area contributed by atoms with Crippen LogP contribution in [0.15, 0.2) is 22.7 Å². The third kappa shape index (κ3) is 1.18. The molecule has 0 aromatic rings. The van der Waals surface area contributed by atoms with Gasteiger partial charge in [0.25, 0.3) is 0 Å². The van der Waals surface area contributed by atoms with Gasteiger partial charge in [-0.1, -0.05) is 16.3 Å². The molecule has 58 valence electrons. The standard InChI is InChI=1S/C6H8N4O/c1-2-3-10(6(7)11)5-8-4-9-10/h2,4-5H,1,3H2,(H-,7,11)/p+1. The molecule has 2 amide bonds. The zero-order chi connectivity index (χ0) is 8.32. The topological polar surface area (TPSA) is 67.8 Å². The van der Waals surface area contributed by atoms with Gasteiger partial charge in [-0.15, -0.1) is 0 Å². The highest BCUT2D eigenvalue weighted by Crippen LogP contribution is 2.07. The molecule has 5 nitrogen and oxygen atoms in total. The highest BCUT2D eigenvalue weighted by Gasteiger charge is 2.34. The molecule has 0 saturated heterocycles. The number of hydrogen-bond acceptors (Lipinski definition) is 3. The molecule has 1 rings (SSSR count). The van der Waals surface area contributed by atoms with Gasteiger partial charge in [0.05, 0.1) is 0 Å². The van der Waals surface area contributed by atoms with E-state index in [0.29, 0.717) is 6.54 Å². The number of carbonyl (C=O) groups is 1. The SMILES string of the molecule is C=CC[N+]1(C(N)=O)C=NC=N1. The van der Waals surface area contributed by atoms with E-state index in [0.717, 1.165) is 0 Å². The largest absolute Gasteiger partial charge is 0.446 e. The lowest BCUT2D eigenvalue weighted by molar-refractivity contribution is -0.746. The van der Waals surface area contributed by atoms with Gasteiger partial charge in [0.15, 0.2) is 6.34 Å². The summed E-state index contributed by atoms with van der Waals surface area (Å²) in [7, 11) is 0. The van der Waals surface area contributed by atoms with Crippen molar-refractivity contribution in [1.82, 2.24) is 0 Å². The van der Waals surface area contributed by atoms with Gasteiger partial charge < -0.3 is 5.73 Å². The van der Waals surface area contributed by atoms with E-state index in [1.54, 1.807) is 6.08 Å². The first-order valence-corrected chi connectivity index (χ1v) is 3.08. The van der Waals surface area contributed by atoms with Crippen molar-refractivity contribution in [2.45, 2.75) is 0 Å². The number of amides is 2. The van der Waals surface area contributed by atoms with Crippen molar-refractivity contribution in [1.29, 1.82) is 0 Å². The Kier molecular flexibility index (Phi) is 1.82. The first-order chi connectivity index (χ1) is 5.21. The van der Waals surface area contributed by atoms with E-state index in [-0.39, 0.29) is 4.59 Å². The van der Waals surface area contributed by atoms with Gasteiger partial charge in [0.2, 0.25) is 6.34 Å². The van der Waals surface area contributed by atoms with E-state index < -0.39 is 6.03 Å². The van der Waals surface area contributed by atoms with Gasteiger partial charge in [-0.25, -0.2) is 4.79 Å². The molecule has 0 radical (unpaired) electrons. The lowest BCUT2D eigenvalue weighted by Gasteiger charge is -2.15. The number of nitrogens with zero attached hydrogens (tertiary/aromatic N) is 3. The van der Waals surface area contributed by atoms with Crippen molar-refractivity contribution in [3.8, 4) is 0 Å². The van der Waals surface area contributed by atoms with Crippen LogP contribution < -0.4 is 5.73 Å². The summed E-state index contributed by atoms with van der Waals surface area (Å²) in [5.41, 5.74) is 5.10. The maximum Gasteiger partial charge on any atom is 0.446 e. The van der Waals surface area contributed by atoms with Crippen LogP contribution in [0.5, 0.6) is 0 Å². The smallest absolute Gasteiger partial charge is 0.316 e. The van der Waals surface area contributed by atoms with Gasteiger partial charge in [-0.3, -0.25) is 0 Å². The number of urea groups is 1. The Morgan fingerprint density at radius 1 is 1.82 bits per heavy atom. The fourth-order valence-electron chi connectivity index (χ4n) is 0.787. The van der Waals surface area contributed by atoms with E-state index in [1.807, 2.05) is 0 Å². The van der Waals surface area contributed by atoms with Crippen LogP contribution >= 0.6 is 0 Å². The van der Waals surface area contributed by atoms with Crippen LogP contribution in [0.4, 0.5) is 4.79 Å². The second kappa shape index (κ2) is 2.63. The number of quaternary nitrogens is 1. The molecule has 0 aromatic carbocycles. The fraction of sp³-hybridized carbons (Fsp3) is 0.167. The second-order valence-corrected chi connectivity index (χ2v) is 2.13. The maximum atomic E-state index is 10.9. The molecule has 0 aliphatic carbocycles. The lowest BCUT2D eigenvalue weighted by Crippen LogP contribution is -2.49. The summed E-state index contributed by atoms with van der Waals surface area (Å²) in [6.07, 6.45) is 4.25. The van der Waals surface area contributed by atoms with Crippen LogP contribution in [0.3, 0.4) is 0 Å². The number of aliphatic imine (C=N–C) groups is 1.